The van der Waals surface area contributed by atoms with Crippen molar-refractivity contribution in [3.63, 3.8) is 0 Å². The number of fused-ring (bicyclic) bond motifs is 5. The van der Waals surface area contributed by atoms with Crippen LogP contribution in [-0.2, 0) is 20.7 Å². The second-order valence-electron chi connectivity index (χ2n) is 10.5. The van der Waals surface area contributed by atoms with Crippen molar-refractivity contribution >= 4 is 11.8 Å². The van der Waals surface area contributed by atoms with Gasteiger partial charge in [-0.15, -0.1) is 0 Å². The van der Waals surface area contributed by atoms with Gasteiger partial charge in [0.05, 0.1) is 0 Å². The van der Waals surface area contributed by atoms with Crippen molar-refractivity contribution in [3.8, 4) is 0 Å². The van der Waals surface area contributed by atoms with Crippen LogP contribution >= 0.6 is 0 Å². The normalized spacial score (nSPS) is 39.7. The van der Waals surface area contributed by atoms with Gasteiger partial charge in [-0.3, -0.25) is 9.59 Å². The zero-order chi connectivity index (χ0) is 20.7. The first kappa shape index (κ1) is 20.0. The molecular formula is C27H34O3. The van der Waals surface area contributed by atoms with E-state index in [1.807, 2.05) is 24.3 Å². The number of carbonyl (C=O) groups is 2. The monoisotopic (exact) mass is 406 g/mol. The highest BCUT2D eigenvalue weighted by Gasteiger charge is 2.57. The summed E-state index contributed by atoms with van der Waals surface area (Å²) in [5.41, 5.74) is 1.33. The topological polar surface area (TPSA) is 43.4 Å². The van der Waals surface area contributed by atoms with Crippen LogP contribution in [0.2, 0.25) is 0 Å². The second-order valence-corrected chi connectivity index (χ2v) is 10.5. The van der Waals surface area contributed by atoms with Gasteiger partial charge >= 0.3 is 5.97 Å². The Hall–Kier alpha value is -1.90. The average molecular weight is 407 g/mol. The molecule has 0 N–H and O–H groups in total. The Morgan fingerprint density at radius 2 is 1.90 bits per heavy atom. The molecule has 0 saturated heterocycles. The zero-order valence-electron chi connectivity index (χ0n) is 18.1. The lowest BCUT2D eigenvalue weighted by Gasteiger charge is -2.54. The van der Waals surface area contributed by atoms with E-state index in [1.165, 1.54) is 31.2 Å². The molecule has 5 rings (SSSR count). The molecule has 1 aromatic carbocycles. The highest BCUT2D eigenvalue weighted by Crippen LogP contribution is 2.62. The Morgan fingerprint density at radius 1 is 1.07 bits per heavy atom. The van der Waals surface area contributed by atoms with Crippen molar-refractivity contribution in [1.29, 1.82) is 0 Å². The molecule has 4 aliphatic carbocycles. The lowest BCUT2D eigenvalue weighted by molar-refractivity contribution is -0.159. The van der Waals surface area contributed by atoms with Crippen LogP contribution in [0.15, 0.2) is 42.5 Å². The van der Waals surface area contributed by atoms with Crippen LogP contribution in [-0.4, -0.2) is 17.9 Å². The summed E-state index contributed by atoms with van der Waals surface area (Å²) in [6.45, 7) is 2.39. The summed E-state index contributed by atoms with van der Waals surface area (Å²) in [4.78, 5) is 24.5. The van der Waals surface area contributed by atoms with Gasteiger partial charge in [-0.05, 0) is 86.2 Å². The number of benzene rings is 1. The molecule has 0 spiro atoms. The molecule has 0 aliphatic heterocycles. The average Bonchev–Trinajstić information content (AvgIpc) is 3.09. The molecule has 3 nitrogen and oxygen atoms in total. The van der Waals surface area contributed by atoms with Crippen LogP contribution in [0.1, 0.15) is 63.9 Å². The Kier molecular flexibility index (Phi) is 5.33. The maximum absolute atomic E-state index is 12.6. The second kappa shape index (κ2) is 7.98. The standard InChI is InChI=1S/C27H34O3/c1-27-16-15-22-21-11-9-20(28)17-19(21)8-10-23(22)24(27)12-13-25(27)30-26(29)14-7-18-5-3-2-4-6-18/h2-6,9,11,19,21-25H,7-8,10,12-17H2,1H3/t19?,21-,22+,23+,24-,25?,27-/m0/s1. The van der Waals surface area contributed by atoms with Crippen LogP contribution in [0, 0.1) is 35.0 Å². The number of ketones is 1. The molecular weight excluding hydrogens is 372 g/mol. The zero-order valence-corrected chi connectivity index (χ0v) is 18.1. The smallest absolute Gasteiger partial charge is 0.306 e. The number of ether oxygens (including phenoxy) is 1. The van der Waals surface area contributed by atoms with Gasteiger partial charge in [0, 0.05) is 18.3 Å². The first-order valence-electron chi connectivity index (χ1n) is 12.0. The highest BCUT2D eigenvalue weighted by molar-refractivity contribution is 5.90. The van der Waals surface area contributed by atoms with Crippen LogP contribution in [0.3, 0.4) is 0 Å². The molecule has 3 heteroatoms. The largest absolute Gasteiger partial charge is 0.462 e. The quantitative estimate of drug-likeness (QED) is 0.618. The number of esters is 1. The first-order valence-corrected chi connectivity index (χ1v) is 12.0. The third kappa shape index (κ3) is 3.55. The number of rotatable bonds is 4. The minimum absolute atomic E-state index is 0.0368. The molecule has 3 saturated carbocycles. The predicted octanol–water partition coefficient (Wildman–Crippen LogP) is 5.53. The number of allylic oxidation sites excluding steroid dienone is 2. The fraction of sp³-hybridized carbons (Fsp3) is 0.630. The summed E-state index contributed by atoms with van der Waals surface area (Å²) in [5.74, 6) is 3.56. The number of hydrogen-bond acceptors (Lipinski definition) is 3. The van der Waals surface area contributed by atoms with Crippen molar-refractivity contribution < 1.29 is 14.3 Å². The Bertz CT molecular complexity index is 828. The Balaban J connectivity index is 1.23. The Labute approximate surface area is 180 Å². The van der Waals surface area contributed by atoms with Gasteiger partial charge in [-0.25, -0.2) is 0 Å². The fourth-order valence-electron chi connectivity index (χ4n) is 7.50. The number of hydrogen-bond donors (Lipinski definition) is 0. The van der Waals surface area contributed by atoms with Crippen molar-refractivity contribution in [2.24, 2.45) is 35.0 Å². The fourth-order valence-corrected chi connectivity index (χ4v) is 7.50. The number of carbonyl (C=O) groups excluding carboxylic acids is 2. The van der Waals surface area contributed by atoms with Gasteiger partial charge in [-0.1, -0.05) is 43.3 Å². The molecule has 2 unspecified atom stereocenters. The minimum Gasteiger partial charge on any atom is -0.462 e. The minimum atomic E-state index is -0.0368. The summed E-state index contributed by atoms with van der Waals surface area (Å²) in [5, 5.41) is 0. The molecule has 4 aliphatic rings. The molecule has 0 amide bonds. The lowest BCUT2D eigenvalue weighted by Crippen LogP contribution is -2.49. The molecule has 0 radical (unpaired) electrons. The lowest BCUT2D eigenvalue weighted by atomic mass is 9.51. The van der Waals surface area contributed by atoms with Gasteiger partial charge in [0.1, 0.15) is 6.10 Å². The van der Waals surface area contributed by atoms with Gasteiger partial charge in [0.25, 0.3) is 0 Å². The Morgan fingerprint density at radius 3 is 2.73 bits per heavy atom. The van der Waals surface area contributed by atoms with Crippen molar-refractivity contribution in [3.05, 3.63) is 48.0 Å². The molecule has 0 heterocycles. The van der Waals surface area contributed by atoms with Crippen LogP contribution in [0.25, 0.3) is 0 Å². The van der Waals surface area contributed by atoms with E-state index < -0.39 is 0 Å². The van der Waals surface area contributed by atoms with Crippen LogP contribution in [0.5, 0.6) is 0 Å². The number of aryl methyl sites for hydroxylation is 1. The molecule has 1 aromatic rings. The van der Waals surface area contributed by atoms with E-state index in [4.69, 9.17) is 4.74 Å². The highest BCUT2D eigenvalue weighted by atomic mass is 16.5. The van der Waals surface area contributed by atoms with Crippen LogP contribution < -0.4 is 0 Å². The van der Waals surface area contributed by atoms with E-state index in [0.29, 0.717) is 30.0 Å². The predicted molar refractivity (Wildman–Crippen MR) is 117 cm³/mol. The van der Waals surface area contributed by atoms with E-state index in [9.17, 15) is 9.59 Å². The SMILES string of the molecule is C[C@]12CC[C@H]3[C@@H](CCC4CC(=O)C=C[C@@H]43)[C@@H]1CCC2OC(=O)CCc1ccccc1. The maximum atomic E-state index is 12.6. The van der Waals surface area contributed by atoms with Gasteiger partial charge in [0.2, 0.25) is 0 Å². The van der Waals surface area contributed by atoms with Crippen molar-refractivity contribution in [2.75, 3.05) is 0 Å². The van der Waals surface area contributed by atoms with Gasteiger partial charge in [0.15, 0.2) is 5.78 Å². The summed E-state index contributed by atoms with van der Waals surface area (Å²) in [7, 11) is 0. The molecule has 160 valence electrons. The molecule has 0 aromatic heterocycles. The van der Waals surface area contributed by atoms with E-state index in [-0.39, 0.29) is 17.5 Å². The maximum Gasteiger partial charge on any atom is 0.306 e. The van der Waals surface area contributed by atoms with E-state index in [0.717, 1.165) is 37.5 Å². The van der Waals surface area contributed by atoms with Gasteiger partial charge in [-0.2, -0.15) is 0 Å². The summed E-state index contributed by atoms with van der Waals surface area (Å²) in [6.07, 6.45) is 13.2. The summed E-state index contributed by atoms with van der Waals surface area (Å²) < 4.78 is 6.11. The summed E-state index contributed by atoms with van der Waals surface area (Å²) in [6, 6.07) is 10.2. The molecule has 7 atom stereocenters. The van der Waals surface area contributed by atoms with Gasteiger partial charge < -0.3 is 4.74 Å². The first-order chi connectivity index (χ1) is 14.5. The molecule has 30 heavy (non-hydrogen) atoms. The molecule has 3 fully saturated rings. The van der Waals surface area contributed by atoms with Crippen molar-refractivity contribution in [2.45, 2.75) is 70.8 Å². The summed E-state index contributed by atoms with van der Waals surface area (Å²) >= 11 is 0. The van der Waals surface area contributed by atoms with E-state index in [2.05, 4.69) is 25.1 Å². The third-order valence-corrected chi connectivity index (χ3v) is 9.02. The van der Waals surface area contributed by atoms with E-state index >= 15 is 0 Å². The van der Waals surface area contributed by atoms with Crippen LogP contribution in [0.4, 0.5) is 0 Å². The van der Waals surface area contributed by atoms with E-state index in [1.54, 1.807) is 0 Å². The third-order valence-electron chi connectivity index (χ3n) is 9.02. The van der Waals surface area contributed by atoms with Crippen molar-refractivity contribution in [1.82, 2.24) is 0 Å². The molecule has 0 bridgehead atoms.